The number of hydrogen-bond acceptors (Lipinski definition) is 7. The Labute approximate surface area is 146 Å². The van der Waals surface area contributed by atoms with E-state index in [1.165, 1.54) is 21.0 Å². The van der Waals surface area contributed by atoms with Crippen molar-refractivity contribution in [2.75, 3.05) is 20.3 Å². The topological polar surface area (TPSA) is 116 Å². The first kappa shape index (κ1) is 24.4. The molecule has 0 aliphatic heterocycles. The number of hydrogen-bond donors (Lipinski definition) is 1. The van der Waals surface area contributed by atoms with E-state index in [1.54, 1.807) is 12.1 Å². The van der Waals surface area contributed by atoms with Gasteiger partial charge in [-0.3, -0.25) is 14.4 Å². The highest BCUT2D eigenvalue weighted by Crippen LogP contribution is 2.08. The lowest BCUT2D eigenvalue weighted by Crippen LogP contribution is -2.13. The van der Waals surface area contributed by atoms with E-state index in [2.05, 4.69) is 9.47 Å². The Balaban J connectivity index is 0. The number of methoxy groups -OCH3 is 1. The summed E-state index contributed by atoms with van der Waals surface area (Å²) in [5, 5.41) is 7.42. The fraction of sp³-hybridized carbons (Fsp3) is 0.412. The van der Waals surface area contributed by atoms with Crippen LogP contribution in [0.4, 0.5) is 0 Å². The van der Waals surface area contributed by atoms with Crippen LogP contribution in [0, 0.1) is 6.92 Å². The van der Waals surface area contributed by atoms with E-state index in [0.717, 1.165) is 12.5 Å². The monoisotopic (exact) mass is 356 g/mol. The minimum atomic E-state index is -0.833. The fourth-order valence-electron chi connectivity index (χ4n) is 1.20. The molecule has 0 aromatic heterocycles. The van der Waals surface area contributed by atoms with E-state index in [4.69, 9.17) is 14.6 Å². The lowest BCUT2D eigenvalue weighted by molar-refractivity contribution is -0.142. The highest BCUT2D eigenvalue weighted by Gasteiger charge is 2.09. The van der Waals surface area contributed by atoms with Gasteiger partial charge in [0.2, 0.25) is 0 Å². The molecule has 0 spiro atoms. The van der Waals surface area contributed by atoms with Gasteiger partial charge in [-0.15, -0.1) is 0 Å². The predicted molar refractivity (Wildman–Crippen MR) is 89.1 cm³/mol. The number of rotatable bonds is 4. The number of carboxylic acids is 1. The first-order valence-electron chi connectivity index (χ1n) is 7.22. The second kappa shape index (κ2) is 14.7. The number of benzene rings is 1. The van der Waals surface area contributed by atoms with Crippen LogP contribution in [0.15, 0.2) is 24.3 Å². The van der Waals surface area contributed by atoms with Crippen LogP contribution in [0.25, 0.3) is 0 Å². The van der Waals surface area contributed by atoms with Crippen LogP contribution in [0.1, 0.15) is 36.7 Å². The molecule has 0 saturated carbocycles. The Kier molecular flexibility index (Phi) is 14.3. The average molecular weight is 356 g/mol. The lowest BCUT2D eigenvalue weighted by atomic mass is 10.1. The number of carboxylic acid groups (broad SMARTS) is 1. The Bertz CT molecular complexity index is 562. The molecule has 0 heterocycles. The standard InChI is InChI=1S/C12H14O4.C3H6O2.C2H4O2/c1-9-5-3-4-6-11(9)12(14)16-8-7-15-10(2)13;1-3(4)5-2;1-2(3)4/h3-6H,7-8H2,1-2H3;1-2H3;1H3,(H,3,4). The van der Waals surface area contributed by atoms with Crippen LogP contribution < -0.4 is 0 Å². The second-order valence-corrected chi connectivity index (χ2v) is 4.51. The quantitative estimate of drug-likeness (QED) is 0.494. The molecule has 0 atom stereocenters. The van der Waals surface area contributed by atoms with Gasteiger partial charge < -0.3 is 19.3 Å². The molecule has 0 amide bonds. The number of esters is 3. The van der Waals surface area contributed by atoms with Crippen molar-refractivity contribution in [3.8, 4) is 0 Å². The van der Waals surface area contributed by atoms with E-state index < -0.39 is 11.9 Å². The zero-order valence-electron chi connectivity index (χ0n) is 15.0. The highest BCUT2D eigenvalue weighted by atomic mass is 16.6. The van der Waals surface area contributed by atoms with Gasteiger partial charge in [-0.1, -0.05) is 18.2 Å². The molecule has 0 aliphatic carbocycles. The van der Waals surface area contributed by atoms with E-state index in [0.29, 0.717) is 5.56 Å². The zero-order chi connectivity index (χ0) is 19.8. The Hall–Kier alpha value is -2.90. The first-order valence-corrected chi connectivity index (χ1v) is 7.22. The molecular formula is C17H24O8. The number of ether oxygens (including phenoxy) is 3. The summed E-state index contributed by atoms with van der Waals surface area (Å²) in [6.07, 6.45) is 0. The van der Waals surface area contributed by atoms with E-state index >= 15 is 0 Å². The minimum Gasteiger partial charge on any atom is -0.481 e. The van der Waals surface area contributed by atoms with Crippen molar-refractivity contribution in [3.63, 3.8) is 0 Å². The smallest absolute Gasteiger partial charge is 0.338 e. The lowest BCUT2D eigenvalue weighted by Gasteiger charge is -2.06. The Morgan fingerprint density at radius 1 is 0.920 bits per heavy atom. The van der Waals surface area contributed by atoms with Crippen LogP contribution in [0.2, 0.25) is 0 Å². The maximum atomic E-state index is 11.5. The highest BCUT2D eigenvalue weighted by molar-refractivity contribution is 5.90. The minimum absolute atomic E-state index is 0.0761. The average Bonchev–Trinajstić information content (AvgIpc) is 2.51. The van der Waals surface area contributed by atoms with E-state index in [-0.39, 0.29) is 25.2 Å². The van der Waals surface area contributed by atoms with Gasteiger partial charge in [-0.25, -0.2) is 4.79 Å². The molecular weight excluding hydrogens is 332 g/mol. The molecule has 1 rings (SSSR count). The molecule has 25 heavy (non-hydrogen) atoms. The van der Waals surface area contributed by atoms with Gasteiger partial charge in [0, 0.05) is 20.8 Å². The van der Waals surface area contributed by atoms with Crippen molar-refractivity contribution in [2.24, 2.45) is 0 Å². The van der Waals surface area contributed by atoms with Crippen LogP contribution in [-0.4, -0.2) is 49.3 Å². The van der Waals surface area contributed by atoms with Crippen molar-refractivity contribution >= 4 is 23.9 Å². The van der Waals surface area contributed by atoms with Gasteiger partial charge in [-0.2, -0.15) is 0 Å². The normalized spacial score (nSPS) is 8.52. The number of aliphatic carboxylic acids is 1. The molecule has 0 unspecified atom stereocenters. The molecule has 0 saturated heterocycles. The van der Waals surface area contributed by atoms with Gasteiger partial charge in [0.15, 0.2) is 0 Å². The van der Waals surface area contributed by atoms with Crippen molar-refractivity contribution < 1.29 is 38.5 Å². The van der Waals surface area contributed by atoms with Gasteiger partial charge in [-0.05, 0) is 18.6 Å². The van der Waals surface area contributed by atoms with Gasteiger partial charge in [0.1, 0.15) is 13.2 Å². The number of carbonyl (C=O) groups excluding carboxylic acids is 3. The summed E-state index contributed by atoms with van der Waals surface area (Å²) < 4.78 is 13.7. The molecule has 8 heteroatoms. The molecule has 8 nitrogen and oxygen atoms in total. The third-order valence-corrected chi connectivity index (χ3v) is 2.27. The summed E-state index contributed by atoms with van der Waals surface area (Å²) >= 11 is 0. The van der Waals surface area contributed by atoms with E-state index in [1.807, 2.05) is 19.1 Å². The summed E-state index contributed by atoms with van der Waals surface area (Å²) in [5.41, 5.74) is 1.39. The first-order chi connectivity index (χ1) is 11.6. The summed E-state index contributed by atoms with van der Waals surface area (Å²) in [4.78, 5) is 40.6. The summed E-state index contributed by atoms with van der Waals surface area (Å²) in [6.45, 7) is 5.76. The molecule has 0 fully saturated rings. The predicted octanol–water partition coefficient (Wildman–Crippen LogP) is 1.99. The SMILES string of the molecule is CC(=O)O.CC(=O)OCCOC(=O)c1ccccc1C.COC(C)=O. The summed E-state index contributed by atoms with van der Waals surface area (Å²) in [6, 6.07) is 7.16. The molecule has 140 valence electrons. The van der Waals surface area contributed by atoms with Gasteiger partial charge in [0.25, 0.3) is 5.97 Å². The Morgan fingerprint density at radius 2 is 1.36 bits per heavy atom. The van der Waals surface area contributed by atoms with Crippen LogP contribution in [0.5, 0.6) is 0 Å². The van der Waals surface area contributed by atoms with Gasteiger partial charge >= 0.3 is 17.9 Å². The third-order valence-electron chi connectivity index (χ3n) is 2.27. The van der Waals surface area contributed by atoms with Crippen molar-refractivity contribution in [1.29, 1.82) is 0 Å². The number of carbonyl (C=O) groups is 4. The van der Waals surface area contributed by atoms with Crippen LogP contribution in [-0.2, 0) is 28.6 Å². The fourth-order valence-corrected chi connectivity index (χ4v) is 1.20. The maximum absolute atomic E-state index is 11.5. The Morgan fingerprint density at radius 3 is 1.76 bits per heavy atom. The zero-order valence-corrected chi connectivity index (χ0v) is 15.0. The molecule has 0 radical (unpaired) electrons. The summed E-state index contributed by atoms with van der Waals surface area (Å²) in [5.74, 6) is -1.86. The summed E-state index contributed by atoms with van der Waals surface area (Å²) in [7, 11) is 1.35. The van der Waals surface area contributed by atoms with Crippen LogP contribution in [0.3, 0.4) is 0 Å². The van der Waals surface area contributed by atoms with Crippen molar-refractivity contribution in [2.45, 2.75) is 27.7 Å². The van der Waals surface area contributed by atoms with Crippen molar-refractivity contribution in [1.82, 2.24) is 0 Å². The third kappa shape index (κ3) is 17.3. The number of aryl methyl sites for hydroxylation is 1. The van der Waals surface area contributed by atoms with Crippen molar-refractivity contribution in [3.05, 3.63) is 35.4 Å². The van der Waals surface area contributed by atoms with Crippen LogP contribution >= 0.6 is 0 Å². The molecule has 1 aromatic carbocycles. The maximum Gasteiger partial charge on any atom is 0.338 e. The molecule has 0 aliphatic rings. The molecule has 0 bridgehead atoms. The van der Waals surface area contributed by atoms with E-state index in [9.17, 15) is 14.4 Å². The molecule has 1 aromatic rings. The largest absolute Gasteiger partial charge is 0.481 e. The van der Waals surface area contributed by atoms with Gasteiger partial charge in [0.05, 0.1) is 12.7 Å². The second-order valence-electron chi connectivity index (χ2n) is 4.51. The molecule has 1 N–H and O–H groups in total.